The average Bonchev–Trinajstić information content (AvgIpc) is 2.14. The Morgan fingerprint density at radius 1 is 1.71 bits per heavy atom. The Morgan fingerprint density at radius 2 is 2.36 bits per heavy atom. The van der Waals surface area contributed by atoms with E-state index < -0.39 is 5.97 Å². The van der Waals surface area contributed by atoms with Crippen molar-refractivity contribution in [2.24, 2.45) is 0 Å². The Hall–Kier alpha value is -1.12. The summed E-state index contributed by atoms with van der Waals surface area (Å²) in [5, 5.41) is 17.0. The molecule has 0 aliphatic rings. The fourth-order valence-electron chi connectivity index (χ4n) is 1.03. The summed E-state index contributed by atoms with van der Waals surface area (Å²) >= 11 is 0. The minimum atomic E-state index is -0.849. The monoisotopic (exact) mass is 200 g/mol. The van der Waals surface area contributed by atoms with Crippen LogP contribution in [-0.4, -0.2) is 48.8 Å². The number of nitrogens with zero attached hydrogens (tertiary/aromatic N) is 2. The predicted octanol–water partition coefficient (Wildman–Crippen LogP) is 0.322. The van der Waals surface area contributed by atoms with Gasteiger partial charge in [0.15, 0.2) is 0 Å². The predicted molar refractivity (Wildman–Crippen MR) is 50.8 cm³/mol. The minimum absolute atomic E-state index is 0.0112. The maximum Gasteiger partial charge on any atom is 0.304 e. The topological polar surface area (TPSA) is 73.6 Å². The molecule has 5 heteroatoms. The lowest BCUT2D eigenvalue weighted by molar-refractivity contribution is -0.137. The first-order chi connectivity index (χ1) is 6.60. The van der Waals surface area contributed by atoms with Crippen molar-refractivity contribution in [3.63, 3.8) is 0 Å². The highest BCUT2D eigenvalue weighted by Crippen LogP contribution is 1.96. The van der Waals surface area contributed by atoms with Crippen LogP contribution in [0.1, 0.15) is 13.3 Å². The molecule has 0 bridgehead atoms. The van der Waals surface area contributed by atoms with Gasteiger partial charge in [0.1, 0.15) is 0 Å². The van der Waals surface area contributed by atoms with E-state index in [-0.39, 0.29) is 19.1 Å². The second-order valence-electron chi connectivity index (χ2n) is 3.08. The van der Waals surface area contributed by atoms with Crippen molar-refractivity contribution in [2.75, 3.05) is 26.7 Å². The molecule has 0 rings (SSSR count). The number of ether oxygens (including phenoxy) is 1. The number of methoxy groups -OCH3 is 1. The van der Waals surface area contributed by atoms with Gasteiger partial charge in [0.25, 0.3) is 0 Å². The number of rotatable bonds is 7. The molecule has 0 fully saturated rings. The number of hydrogen-bond acceptors (Lipinski definition) is 4. The standard InChI is InChI=1S/C9H16N2O3/c1-8(14-2)7-11(6-4-10)5-3-9(12)13/h8H,3,5-7H2,1-2H3,(H,12,13). The van der Waals surface area contributed by atoms with Gasteiger partial charge in [-0.25, -0.2) is 0 Å². The molecule has 0 radical (unpaired) electrons. The van der Waals surface area contributed by atoms with Gasteiger partial charge in [0, 0.05) is 20.2 Å². The largest absolute Gasteiger partial charge is 0.481 e. The molecule has 0 aliphatic carbocycles. The van der Waals surface area contributed by atoms with E-state index in [1.54, 1.807) is 12.0 Å². The Bertz CT molecular complexity index is 213. The Kier molecular flexibility index (Phi) is 6.72. The van der Waals surface area contributed by atoms with Gasteiger partial charge in [0.2, 0.25) is 0 Å². The van der Waals surface area contributed by atoms with Crippen LogP contribution in [0.15, 0.2) is 0 Å². The summed E-state index contributed by atoms with van der Waals surface area (Å²) in [6.45, 7) is 3.08. The molecule has 0 amide bonds. The van der Waals surface area contributed by atoms with Crippen molar-refractivity contribution < 1.29 is 14.6 Å². The maximum atomic E-state index is 10.3. The molecule has 0 saturated heterocycles. The molecule has 0 aromatic carbocycles. The fraction of sp³-hybridized carbons (Fsp3) is 0.778. The van der Waals surface area contributed by atoms with Crippen molar-refractivity contribution in [1.82, 2.24) is 4.90 Å². The Morgan fingerprint density at radius 3 is 2.79 bits per heavy atom. The van der Waals surface area contributed by atoms with Crippen LogP contribution in [0.2, 0.25) is 0 Å². The third kappa shape index (κ3) is 6.40. The van der Waals surface area contributed by atoms with Gasteiger partial charge >= 0.3 is 5.97 Å². The summed E-state index contributed by atoms with van der Waals surface area (Å²) in [5.41, 5.74) is 0. The summed E-state index contributed by atoms with van der Waals surface area (Å²) in [4.78, 5) is 12.1. The molecule has 14 heavy (non-hydrogen) atoms. The van der Waals surface area contributed by atoms with Crippen LogP contribution >= 0.6 is 0 Å². The SMILES string of the molecule is COC(C)CN(CC#N)CCC(=O)O. The Balaban J connectivity index is 3.89. The molecule has 5 nitrogen and oxygen atoms in total. The van der Waals surface area contributed by atoms with Crippen LogP contribution in [0.25, 0.3) is 0 Å². The smallest absolute Gasteiger partial charge is 0.304 e. The number of carbonyl (C=O) groups is 1. The summed E-state index contributed by atoms with van der Waals surface area (Å²) in [6.07, 6.45) is 0.0649. The van der Waals surface area contributed by atoms with Crippen LogP contribution < -0.4 is 0 Å². The number of hydrogen-bond donors (Lipinski definition) is 1. The molecule has 1 unspecified atom stereocenters. The van der Waals surface area contributed by atoms with Gasteiger partial charge < -0.3 is 9.84 Å². The van der Waals surface area contributed by atoms with E-state index in [4.69, 9.17) is 15.1 Å². The third-order valence-electron chi connectivity index (χ3n) is 1.85. The number of carboxylic acid groups (broad SMARTS) is 1. The molecule has 0 saturated carbocycles. The molecule has 80 valence electrons. The lowest BCUT2D eigenvalue weighted by atomic mass is 10.3. The van der Waals surface area contributed by atoms with Gasteiger partial charge in [-0.05, 0) is 6.92 Å². The molecule has 0 spiro atoms. The zero-order valence-corrected chi connectivity index (χ0v) is 8.56. The van der Waals surface area contributed by atoms with Crippen molar-refractivity contribution >= 4 is 5.97 Å². The van der Waals surface area contributed by atoms with E-state index in [1.165, 1.54) is 0 Å². The molecule has 0 aromatic rings. The van der Waals surface area contributed by atoms with Gasteiger partial charge in [0.05, 0.1) is 25.1 Å². The molecule has 1 N–H and O–H groups in total. The molecule has 0 aliphatic heterocycles. The zero-order chi connectivity index (χ0) is 11.0. The molecular weight excluding hydrogens is 184 g/mol. The van der Waals surface area contributed by atoms with Gasteiger partial charge in [-0.3, -0.25) is 9.69 Å². The highest BCUT2D eigenvalue weighted by Gasteiger charge is 2.10. The first-order valence-electron chi connectivity index (χ1n) is 4.44. The number of aliphatic carboxylic acids is 1. The van der Waals surface area contributed by atoms with E-state index in [2.05, 4.69) is 0 Å². The molecule has 1 atom stereocenters. The number of nitriles is 1. The van der Waals surface area contributed by atoms with E-state index in [9.17, 15) is 4.79 Å². The fourth-order valence-corrected chi connectivity index (χ4v) is 1.03. The van der Waals surface area contributed by atoms with Gasteiger partial charge in [-0.1, -0.05) is 0 Å². The van der Waals surface area contributed by atoms with Crippen LogP contribution in [0.4, 0.5) is 0 Å². The van der Waals surface area contributed by atoms with Crippen molar-refractivity contribution in [3.05, 3.63) is 0 Å². The molecular formula is C9H16N2O3. The summed E-state index contributed by atoms with van der Waals surface area (Å²) in [5.74, 6) is -0.849. The average molecular weight is 200 g/mol. The van der Waals surface area contributed by atoms with Crippen LogP contribution in [0.3, 0.4) is 0 Å². The van der Waals surface area contributed by atoms with E-state index in [0.717, 1.165) is 0 Å². The van der Waals surface area contributed by atoms with Gasteiger partial charge in [-0.2, -0.15) is 5.26 Å². The summed E-state index contributed by atoms with van der Waals surface area (Å²) < 4.78 is 5.04. The van der Waals surface area contributed by atoms with Crippen LogP contribution in [0.5, 0.6) is 0 Å². The van der Waals surface area contributed by atoms with E-state index in [1.807, 2.05) is 13.0 Å². The summed E-state index contributed by atoms with van der Waals surface area (Å²) in [7, 11) is 1.59. The van der Waals surface area contributed by atoms with E-state index >= 15 is 0 Å². The second kappa shape index (κ2) is 7.30. The second-order valence-corrected chi connectivity index (χ2v) is 3.08. The number of carboxylic acids is 1. The third-order valence-corrected chi connectivity index (χ3v) is 1.85. The van der Waals surface area contributed by atoms with Gasteiger partial charge in [-0.15, -0.1) is 0 Å². The highest BCUT2D eigenvalue weighted by atomic mass is 16.5. The first kappa shape index (κ1) is 12.9. The lowest BCUT2D eigenvalue weighted by Gasteiger charge is -2.21. The quantitative estimate of drug-likeness (QED) is 0.599. The lowest BCUT2D eigenvalue weighted by Crippen LogP contribution is -2.34. The summed E-state index contributed by atoms with van der Waals surface area (Å²) in [6, 6.07) is 2.00. The minimum Gasteiger partial charge on any atom is -0.481 e. The van der Waals surface area contributed by atoms with E-state index in [0.29, 0.717) is 13.1 Å². The first-order valence-corrected chi connectivity index (χ1v) is 4.44. The van der Waals surface area contributed by atoms with Crippen molar-refractivity contribution in [3.8, 4) is 6.07 Å². The van der Waals surface area contributed by atoms with Crippen LogP contribution in [0, 0.1) is 11.3 Å². The van der Waals surface area contributed by atoms with Crippen molar-refractivity contribution in [2.45, 2.75) is 19.4 Å². The van der Waals surface area contributed by atoms with Crippen molar-refractivity contribution in [1.29, 1.82) is 5.26 Å². The normalized spacial score (nSPS) is 12.4. The molecule has 0 aromatic heterocycles. The maximum absolute atomic E-state index is 10.3. The zero-order valence-electron chi connectivity index (χ0n) is 8.56. The Labute approximate surface area is 83.9 Å². The highest BCUT2D eigenvalue weighted by molar-refractivity contribution is 5.66. The molecule has 0 heterocycles. The van der Waals surface area contributed by atoms with Crippen LogP contribution in [-0.2, 0) is 9.53 Å².